The summed E-state index contributed by atoms with van der Waals surface area (Å²) in [6.45, 7) is 3.25. The number of alkyl halides is 1. The van der Waals surface area contributed by atoms with Gasteiger partial charge in [0.15, 0.2) is 5.78 Å². The number of hydrogen-bond donors (Lipinski definition) is 0. The summed E-state index contributed by atoms with van der Waals surface area (Å²) >= 11 is 5.50. The predicted molar refractivity (Wildman–Crippen MR) is 43.5 cm³/mol. The zero-order valence-corrected chi connectivity index (χ0v) is 6.64. The van der Waals surface area contributed by atoms with Crippen molar-refractivity contribution in [2.24, 2.45) is 0 Å². The van der Waals surface area contributed by atoms with Crippen LogP contribution in [-0.2, 0) is 5.88 Å². The van der Waals surface area contributed by atoms with Gasteiger partial charge in [0.05, 0.1) is 11.6 Å². The fourth-order valence-electron chi connectivity index (χ4n) is 0.668. The molecule has 0 atom stereocenters. The number of carbonyl (C=O) groups excluding carboxylic acids is 1. The number of hydrogen-bond acceptors (Lipinski definition) is 2. The van der Waals surface area contributed by atoms with Crippen molar-refractivity contribution in [3.05, 3.63) is 36.5 Å². The lowest BCUT2D eigenvalue weighted by atomic mass is 10.2. The molecule has 1 aromatic rings. The second kappa shape index (κ2) is 3.49. The van der Waals surface area contributed by atoms with Gasteiger partial charge in [-0.3, -0.25) is 9.78 Å². The van der Waals surface area contributed by atoms with E-state index < -0.39 is 0 Å². The first-order chi connectivity index (χ1) is 5.24. The van der Waals surface area contributed by atoms with Gasteiger partial charge in [0.25, 0.3) is 0 Å². The Hall–Kier alpha value is -0.890. The Morgan fingerprint density at radius 3 is 2.73 bits per heavy atom. The molecule has 0 spiro atoms. The number of Topliss-reactive ketones (excluding diaryl/α,β-unsaturated/α-hetero) is 1. The van der Waals surface area contributed by atoms with Gasteiger partial charge >= 0.3 is 0 Å². The Morgan fingerprint density at radius 1 is 1.64 bits per heavy atom. The molecule has 57 valence electrons. The third kappa shape index (κ3) is 2.02. The maximum Gasteiger partial charge on any atom is 0.164 e. The quantitative estimate of drug-likeness (QED) is 0.498. The van der Waals surface area contributed by atoms with Crippen molar-refractivity contribution in [3.8, 4) is 0 Å². The fraction of sp³-hybridized carbons (Fsp3) is 0.125. The summed E-state index contributed by atoms with van der Waals surface area (Å²) in [5, 5.41) is 0. The predicted octanol–water partition coefficient (Wildman–Crippen LogP) is 1.84. The molecule has 1 aromatic heterocycles. The normalized spacial score (nSPS) is 9.64. The van der Waals surface area contributed by atoms with Crippen LogP contribution in [0.2, 0.25) is 0 Å². The van der Waals surface area contributed by atoms with E-state index in [2.05, 4.69) is 11.9 Å². The number of carbonyl (C=O) groups is 1. The van der Waals surface area contributed by atoms with Crippen LogP contribution in [0.15, 0.2) is 18.3 Å². The summed E-state index contributed by atoms with van der Waals surface area (Å²) < 4.78 is 0. The highest BCUT2D eigenvalue weighted by molar-refractivity contribution is 6.16. The van der Waals surface area contributed by atoms with Gasteiger partial charge in [0.1, 0.15) is 0 Å². The number of pyridine rings is 1. The molecule has 2 nitrogen and oxygen atoms in total. The molecule has 0 fully saturated rings. The van der Waals surface area contributed by atoms with Crippen LogP contribution in [0.3, 0.4) is 0 Å². The Bertz CT molecular complexity index is 255. The number of rotatable bonds is 2. The zero-order valence-electron chi connectivity index (χ0n) is 5.88. The van der Waals surface area contributed by atoms with Crippen LogP contribution in [0.25, 0.3) is 0 Å². The van der Waals surface area contributed by atoms with Crippen LogP contribution >= 0.6 is 11.6 Å². The van der Waals surface area contributed by atoms with E-state index in [9.17, 15) is 4.79 Å². The fourth-order valence-corrected chi connectivity index (χ4v) is 0.827. The van der Waals surface area contributed by atoms with Gasteiger partial charge in [0.2, 0.25) is 0 Å². The minimum absolute atomic E-state index is 0.223. The standard InChI is InChI=1S/C8H7ClNO/c1-6(11)7-2-3-8(4-9)10-5-7/h2-3,5H,1,4H2. The van der Waals surface area contributed by atoms with Crippen LogP contribution in [-0.4, -0.2) is 10.8 Å². The topological polar surface area (TPSA) is 30.0 Å². The van der Waals surface area contributed by atoms with Crippen molar-refractivity contribution in [2.45, 2.75) is 5.88 Å². The van der Waals surface area contributed by atoms with E-state index in [0.29, 0.717) is 11.4 Å². The van der Waals surface area contributed by atoms with Crippen molar-refractivity contribution in [3.63, 3.8) is 0 Å². The van der Waals surface area contributed by atoms with Gasteiger partial charge in [-0.2, -0.15) is 0 Å². The minimum atomic E-state index is -0.223. The third-order valence-electron chi connectivity index (χ3n) is 1.28. The summed E-state index contributed by atoms with van der Waals surface area (Å²) in [6.07, 6.45) is 1.48. The molecule has 0 saturated heterocycles. The molecule has 0 aromatic carbocycles. The average Bonchev–Trinajstić information content (AvgIpc) is 2.05. The van der Waals surface area contributed by atoms with Crippen molar-refractivity contribution >= 4 is 17.4 Å². The maximum atomic E-state index is 10.7. The summed E-state index contributed by atoms with van der Waals surface area (Å²) in [4.78, 5) is 14.6. The molecule has 0 bridgehead atoms. The van der Waals surface area contributed by atoms with Crippen LogP contribution in [0, 0.1) is 6.92 Å². The first-order valence-corrected chi connectivity index (χ1v) is 3.64. The van der Waals surface area contributed by atoms with Gasteiger partial charge in [-0.25, -0.2) is 0 Å². The van der Waals surface area contributed by atoms with Gasteiger partial charge in [-0.1, -0.05) is 0 Å². The Labute approximate surface area is 70.2 Å². The van der Waals surface area contributed by atoms with Crippen LogP contribution < -0.4 is 0 Å². The second-order valence-corrected chi connectivity index (χ2v) is 2.36. The van der Waals surface area contributed by atoms with Crippen molar-refractivity contribution in [2.75, 3.05) is 0 Å². The molecule has 0 saturated carbocycles. The Balaban J connectivity index is 2.91. The molecule has 1 rings (SSSR count). The van der Waals surface area contributed by atoms with E-state index >= 15 is 0 Å². The highest BCUT2D eigenvalue weighted by Crippen LogP contribution is 2.02. The minimum Gasteiger partial charge on any atom is -0.294 e. The van der Waals surface area contributed by atoms with E-state index in [0.717, 1.165) is 5.69 Å². The lowest BCUT2D eigenvalue weighted by molar-refractivity contribution is 0.104. The average molecular weight is 169 g/mol. The summed E-state index contributed by atoms with van der Waals surface area (Å²) in [5.41, 5.74) is 1.27. The lowest BCUT2D eigenvalue weighted by Gasteiger charge is -1.95. The second-order valence-electron chi connectivity index (χ2n) is 2.10. The molecular formula is C8H7ClNO. The molecule has 1 heterocycles. The van der Waals surface area contributed by atoms with E-state index in [-0.39, 0.29) is 5.78 Å². The molecule has 0 aliphatic heterocycles. The van der Waals surface area contributed by atoms with Gasteiger partial charge < -0.3 is 0 Å². The molecular weight excluding hydrogens is 162 g/mol. The first kappa shape index (κ1) is 8.21. The van der Waals surface area contributed by atoms with E-state index in [4.69, 9.17) is 11.6 Å². The molecule has 11 heavy (non-hydrogen) atoms. The van der Waals surface area contributed by atoms with E-state index in [1.165, 1.54) is 6.20 Å². The van der Waals surface area contributed by atoms with Crippen molar-refractivity contribution < 1.29 is 4.79 Å². The van der Waals surface area contributed by atoms with E-state index in [1.807, 2.05) is 0 Å². The zero-order chi connectivity index (χ0) is 8.27. The molecule has 3 heteroatoms. The Kier molecular flexibility index (Phi) is 2.60. The highest BCUT2D eigenvalue weighted by atomic mass is 35.5. The molecule has 0 N–H and O–H groups in total. The SMILES string of the molecule is [CH2]C(=O)c1ccc(CCl)nc1. The van der Waals surface area contributed by atoms with Crippen molar-refractivity contribution in [1.29, 1.82) is 0 Å². The van der Waals surface area contributed by atoms with Crippen molar-refractivity contribution in [1.82, 2.24) is 4.98 Å². The monoisotopic (exact) mass is 168 g/mol. The number of halogens is 1. The first-order valence-electron chi connectivity index (χ1n) is 3.11. The highest BCUT2D eigenvalue weighted by Gasteiger charge is 1.98. The largest absolute Gasteiger partial charge is 0.294 e. The number of ketones is 1. The van der Waals surface area contributed by atoms with Gasteiger partial charge in [-0.15, -0.1) is 11.6 Å². The smallest absolute Gasteiger partial charge is 0.164 e. The molecule has 0 unspecified atom stereocenters. The molecule has 0 amide bonds. The van der Waals surface area contributed by atoms with Crippen LogP contribution in [0.1, 0.15) is 16.1 Å². The number of aromatic nitrogens is 1. The molecule has 0 aliphatic rings. The van der Waals surface area contributed by atoms with Gasteiger partial charge in [-0.05, 0) is 12.1 Å². The third-order valence-corrected chi connectivity index (χ3v) is 1.56. The summed E-state index contributed by atoms with van der Waals surface area (Å²) in [5.74, 6) is 0.143. The lowest BCUT2D eigenvalue weighted by Crippen LogP contribution is -1.94. The van der Waals surface area contributed by atoms with Gasteiger partial charge in [0, 0.05) is 18.7 Å². The molecule has 0 aliphatic carbocycles. The van der Waals surface area contributed by atoms with E-state index in [1.54, 1.807) is 12.1 Å². The summed E-state index contributed by atoms with van der Waals surface area (Å²) in [7, 11) is 0. The number of nitrogens with zero attached hydrogens (tertiary/aromatic N) is 1. The maximum absolute atomic E-state index is 10.7. The Morgan fingerprint density at radius 2 is 2.36 bits per heavy atom. The summed E-state index contributed by atoms with van der Waals surface area (Å²) in [6, 6.07) is 3.38. The van der Waals surface area contributed by atoms with Crippen LogP contribution in [0.5, 0.6) is 0 Å². The van der Waals surface area contributed by atoms with Crippen LogP contribution in [0.4, 0.5) is 0 Å². The molecule has 1 radical (unpaired) electrons.